The van der Waals surface area contributed by atoms with E-state index >= 15 is 0 Å². The molecule has 0 atom stereocenters. The zero-order valence-corrected chi connectivity index (χ0v) is 10.1. The lowest BCUT2D eigenvalue weighted by Crippen LogP contribution is -2.13. The topological polar surface area (TPSA) is 108 Å². The molecule has 1 saturated carbocycles. The summed E-state index contributed by atoms with van der Waals surface area (Å²) < 4.78 is 6.35. The summed E-state index contributed by atoms with van der Waals surface area (Å²) >= 11 is 1.38. The van der Waals surface area contributed by atoms with Gasteiger partial charge in [0.1, 0.15) is 0 Å². The Morgan fingerprint density at radius 3 is 2.83 bits per heavy atom. The van der Waals surface area contributed by atoms with Crippen molar-refractivity contribution < 1.29 is 4.63 Å². The third kappa shape index (κ3) is 1.27. The Bertz CT molecular complexity index is 709. The monoisotopic (exact) mass is 263 g/mol. The second-order valence-electron chi connectivity index (χ2n) is 4.29. The molecule has 1 aliphatic rings. The zero-order valence-electron chi connectivity index (χ0n) is 9.28. The summed E-state index contributed by atoms with van der Waals surface area (Å²) in [5.74, 6) is 1.64. The van der Waals surface area contributed by atoms with Gasteiger partial charge >= 0.3 is 0 Å². The highest BCUT2D eigenvalue weighted by atomic mass is 32.1. The van der Waals surface area contributed by atoms with Crippen molar-refractivity contribution >= 4 is 22.1 Å². The molecular weight excluding hydrogens is 254 g/mol. The van der Waals surface area contributed by atoms with Gasteiger partial charge in [0.2, 0.25) is 4.96 Å². The van der Waals surface area contributed by atoms with E-state index < -0.39 is 0 Å². The van der Waals surface area contributed by atoms with E-state index in [4.69, 9.17) is 5.73 Å². The summed E-state index contributed by atoms with van der Waals surface area (Å²) in [6.45, 7) is 0. The summed E-state index contributed by atoms with van der Waals surface area (Å²) in [7, 11) is 0. The van der Waals surface area contributed by atoms with Gasteiger partial charge in [0.15, 0.2) is 22.3 Å². The van der Waals surface area contributed by atoms with Crippen LogP contribution in [-0.2, 0) is 0 Å². The van der Waals surface area contributed by atoms with Gasteiger partial charge in [-0.1, -0.05) is 17.8 Å². The van der Waals surface area contributed by atoms with Crippen LogP contribution in [0.15, 0.2) is 4.63 Å². The van der Waals surface area contributed by atoms with Gasteiger partial charge in [-0.25, -0.2) is 4.63 Å². The highest BCUT2D eigenvalue weighted by Gasteiger charge is 2.27. The SMILES string of the molecule is Nc1nonc1-c1nn2c(C3CCC3)nnc2s1. The van der Waals surface area contributed by atoms with Crippen molar-refractivity contribution in [1.82, 2.24) is 30.1 Å². The minimum atomic E-state index is 0.241. The van der Waals surface area contributed by atoms with Crippen LogP contribution in [0.5, 0.6) is 0 Å². The Morgan fingerprint density at radius 1 is 1.28 bits per heavy atom. The summed E-state index contributed by atoms with van der Waals surface area (Å²) in [4.78, 5) is 0.745. The number of nitrogens with two attached hydrogens (primary N) is 1. The Labute approximate surface area is 105 Å². The number of rotatable bonds is 2. The molecule has 9 heteroatoms. The first kappa shape index (κ1) is 9.95. The van der Waals surface area contributed by atoms with Gasteiger partial charge in [-0.05, 0) is 23.2 Å². The highest BCUT2D eigenvalue weighted by molar-refractivity contribution is 7.19. The van der Waals surface area contributed by atoms with Crippen molar-refractivity contribution in [2.45, 2.75) is 25.2 Å². The van der Waals surface area contributed by atoms with Crippen LogP contribution in [0.1, 0.15) is 31.0 Å². The van der Waals surface area contributed by atoms with Gasteiger partial charge < -0.3 is 5.73 Å². The largest absolute Gasteiger partial charge is 0.379 e. The molecule has 0 radical (unpaired) electrons. The quantitative estimate of drug-likeness (QED) is 0.737. The van der Waals surface area contributed by atoms with Crippen LogP contribution in [0, 0.1) is 0 Å². The summed E-state index contributed by atoms with van der Waals surface area (Å²) in [6, 6.07) is 0. The van der Waals surface area contributed by atoms with E-state index in [1.54, 1.807) is 4.52 Å². The molecule has 0 aromatic carbocycles. The lowest BCUT2D eigenvalue weighted by Gasteiger charge is -2.22. The van der Waals surface area contributed by atoms with Crippen molar-refractivity contribution in [2.75, 3.05) is 5.73 Å². The van der Waals surface area contributed by atoms with Crippen molar-refractivity contribution in [1.29, 1.82) is 0 Å². The van der Waals surface area contributed by atoms with E-state index in [0.717, 1.165) is 23.6 Å². The highest BCUT2D eigenvalue weighted by Crippen LogP contribution is 2.36. The maximum absolute atomic E-state index is 5.65. The molecule has 3 aromatic rings. The molecule has 0 spiro atoms. The molecule has 92 valence electrons. The molecule has 0 bridgehead atoms. The maximum atomic E-state index is 5.65. The average Bonchev–Trinajstić information content (AvgIpc) is 2.92. The van der Waals surface area contributed by atoms with Crippen LogP contribution in [0.25, 0.3) is 15.7 Å². The zero-order chi connectivity index (χ0) is 12.1. The second-order valence-corrected chi connectivity index (χ2v) is 5.24. The standard InChI is InChI=1S/C9H9N7OS/c10-6-5(14-17-15-6)8-13-16-7(4-2-1-3-4)11-12-9(16)18-8/h4H,1-3H2,(H2,10,15). The van der Waals surface area contributed by atoms with Crippen molar-refractivity contribution in [3.63, 3.8) is 0 Å². The molecular formula is C9H9N7OS. The molecule has 0 aliphatic heterocycles. The molecule has 8 nitrogen and oxygen atoms in total. The van der Waals surface area contributed by atoms with Crippen molar-refractivity contribution in [3.8, 4) is 10.7 Å². The lowest BCUT2D eigenvalue weighted by molar-refractivity contribution is 0.310. The molecule has 3 aromatic heterocycles. The van der Waals surface area contributed by atoms with Gasteiger partial charge in [-0.2, -0.15) is 9.61 Å². The number of hydrogen-bond donors (Lipinski definition) is 1. The minimum absolute atomic E-state index is 0.241. The number of aromatic nitrogens is 6. The molecule has 18 heavy (non-hydrogen) atoms. The summed E-state index contributed by atoms with van der Waals surface area (Å²) in [5, 5.41) is 20.7. The predicted molar refractivity (Wildman–Crippen MR) is 63.0 cm³/mol. The van der Waals surface area contributed by atoms with Crippen LogP contribution < -0.4 is 5.73 Å². The van der Waals surface area contributed by atoms with E-state index in [-0.39, 0.29) is 5.82 Å². The molecule has 3 heterocycles. The first-order chi connectivity index (χ1) is 8.83. The fraction of sp³-hybridized carbons (Fsp3) is 0.444. The Morgan fingerprint density at radius 2 is 2.17 bits per heavy atom. The number of anilines is 1. The lowest BCUT2D eigenvalue weighted by atomic mass is 9.85. The van der Waals surface area contributed by atoms with Gasteiger partial charge in [-0.15, -0.1) is 10.2 Å². The Balaban J connectivity index is 1.84. The number of nitrogens with zero attached hydrogens (tertiary/aromatic N) is 6. The first-order valence-electron chi connectivity index (χ1n) is 5.63. The van der Waals surface area contributed by atoms with E-state index in [1.807, 2.05) is 0 Å². The van der Waals surface area contributed by atoms with Crippen molar-refractivity contribution in [3.05, 3.63) is 5.82 Å². The van der Waals surface area contributed by atoms with E-state index in [9.17, 15) is 0 Å². The van der Waals surface area contributed by atoms with E-state index in [0.29, 0.717) is 16.6 Å². The van der Waals surface area contributed by atoms with Gasteiger partial charge in [0.05, 0.1) is 0 Å². The smallest absolute Gasteiger partial charge is 0.235 e. The minimum Gasteiger partial charge on any atom is -0.379 e. The molecule has 0 unspecified atom stereocenters. The fourth-order valence-corrected chi connectivity index (χ4v) is 2.83. The number of hydrogen-bond acceptors (Lipinski definition) is 8. The normalized spacial score (nSPS) is 16.2. The van der Waals surface area contributed by atoms with E-state index in [1.165, 1.54) is 17.8 Å². The van der Waals surface area contributed by atoms with Gasteiger partial charge in [0, 0.05) is 5.92 Å². The molecule has 4 rings (SSSR count). The second kappa shape index (κ2) is 3.48. The Kier molecular flexibility index (Phi) is 1.92. The van der Waals surface area contributed by atoms with Gasteiger partial charge in [0.25, 0.3) is 0 Å². The summed E-state index contributed by atoms with van der Waals surface area (Å²) in [6.07, 6.45) is 3.55. The van der Waals surface area contributed by atoms with Crippen LogP contribution >= 0.6 is 11.3 Å². The van der Waals surface area contributed by atoms with Gasteiger partial charge in [-0.3, -0.25) is 0 Å². The Hall–Kier alpha value is -2.03. The maximum Gasteiger partial charge on any atom is 0.235 e. The van der Waals surface area contributed by atoms with Crippen LogP contribution in [0.2, 0.25) is 0 Å². The molecule has 2 N–H and O–H groups in total. The van der Waals surface area contributed by atoms with E-state index in [2.05, 4.69) is 30.2 Å². The number of nitrogen functional groups attached to an aromatic ring is 1. The number of fused-ring (bicyclic) bond motifs is 1. The summed E-state index contributed by atoms with van der Waals surface area (Å²) in [5.41, 5.74) is 6.12. The first-order valence-corrected chi connectivity index (χ1v) is 6.45. The van der Waals surface area contributed by atoms with Crippen LogP contribution in [0.4, 0.5) is 5.82 Å². The average molecular weight is 263 g/mol. The fourth-order valence-electron chi connectivity index (χ4n) is 1.99. The van der Waals surface area contributed by atoms with Crippen molar-refractivity contribution in [2.24, 2.45) is 0 Å². The molecule has 0 amide bonds. The third-order valence-electron chi connectivity index (χ3n) is 3.20. The molecule has 1 aliphatic carbocycles. The predicted octanol–water partition coefficient (Wildman–Crippen LogP) is 1.09. The van der Waals surface area contributed by atoms with Crippen LogP contribution in [-0.4, -0.2) is 30.1 Å². The molecule has 0 saturated heterocycles. The molecule has 1 fully saturated rings. The van der Waals surface area contributed by atoms with Crippen LogP contribution in [0.3, 0.4) is 0 Å². The third-order valence-corrected chi connectivity index (χ3v) is 4.11.